The molecule has 5 heteroatoms. The molecule has 0 aliphatic rings. The van der Waals surface area contributed by atoms with Gasteiger partial charge >= 0.3 is 0 Å². The normalized spacial score (nSPS) is 10.6. The van der Waals surface area contributed by atoms with Crippen molar-refractivity contribution >= 4 is 22.5 Å². The number of aromatic nitrogens is 1. The molecule has 1 heterocycles. The van der Waals surface area contributed by atoms with Gasteiger partial charge in [-0.05, 0) is 36.4 Å². The van der Waals surface area contributed by atoms with E-state index < -0.39 is 0 Å². The van der Waals surface area contributed by atoms with Gasteiger partial charge < -0.3 is 19.4 Å². The summed E-state index contributed by atoms with van der Waals surface area (Å²) in [5.41, 5.74) is 1.83. The van der Waals surface area contributed by atoms with Crippen molar-refractivity contribution in [3.63, 3.8) is 0 Å². The molecule has 0 saturated carbocycles. The van der Waals surface area contributed by atoms with Crippen LogP contribution in [-0.2, 0) is 11.3 Å². The van der Waals surface area contributed by atoms with E-state index in [1.165, 1.54) is 0 Å². The molecule has 0 fully saturated rings. The summed E-state index contributed by atoms with van der Waals surface area (Å²) in [5, 5.41) is 3.99. The first-order valence-corrected chi connectivity index (χ1v) is 7.76. The van der Waals surface area contributed by atoms with Crippen molar-refractivity contribution in [1.29, 1.82) is 0 Å². The number of hydrogen-bond donors (Lipinski definition) is 1. The third-order valence-electron chi connectivity index (χ3n) is 3.91. The van der Waals surface area contributed by atoms with Crippen molar-refractivity contribution in [3.8, 4) is 11.5 Å². The van der Waals surface area contributed by atoms with E-state index in [-0.39, 0.29) is 5.91 Å². The Balaban J connectivity index is 1.63. The van der Waals surface area contributed by atoms with Gasteiger partial charge in [0, 0.05) is 41.8 Å². The SMILES string of the molecule is COc1cccc(NC(=O)CCn2ccc3cc(OC)ccc32)c1. The van der Waals surface area contributed by atoms with Gasteiger partial charge in [0.05, 0.1) is 14.2 Å². The molecule has 0 unspecified atom stereocenters. The fourth-order valence-corrected chi connectivity index (χ4v) is 2.65. The van der Waals surface area contributed by atoms with Crippen LogP contribution in [0.5, 0.6) is 11.5 Å². The summed E-state index contributed by atoms with van der Waals surface area (Å²) in [7, 11) is 3.26. The first-order chi connectivity index (χ1) is 11.7. The molecule has 0 aliphatic heterocycles. The van der Waals surface area contributed by atoms with Crippen LogP contribution in [0.25, 0.3) is 10.9 Å². The number of anilines is 1. The standard InChI is InChI=1S/C19H20N2O3/c1-23-16-5-3-4-15(13-16)20-19(22)9-11-21-10-8-14-12-17(24-2)6-7-18(14)21/h3-8,10,12-13H,9,11H2,1-2H3,(H,20,22). The van der Waals surface area contributed by atoms with E-state index in [4.69, 9.17) is 9.47 Å². The number of fused-ring (bicyclic) bond motifs is 1. The Kier molecular flexibility index (Phi) is 4.70. The average molecular weight is 324 g/mol. The number of hydrogen-bond acceptors (Lipinski definition) is 3. The molecular weight excluding hydrogens is 304 g/mol. The van der Waals surface area contributed by atoms with Crippen molar-refractivity contribution < 1.29 is 14.3 Å². The molecular formula is C19H20N2O3. The number of benzene rings is 2. The number of methoxy groups -OCH3 is 2. The third kappa shape index (κ3) is 3.51. The van der Waals surface area contributed by atoms with Gasteiger partial charge in [-0.3, -0.25) is 4.79 Å². The van der Waals surface area contributed by atoms with E-state index in [1.807, 2.05) is 48.7 Å². The molecule has 1 aromatic heterocycles. The lowest BCUT2D eigenvalue weighted by atomic mass is 10.2. The Labute approximate surface area is 140 Å². The molecule has 3 rings (SSSR count). The molecule has 24 heavy (non-hydrogen) atoms. The highest BCUT2D eigenvalue weighted by Gasteiger charge is 2.07. The zero-order chi connectivity index (χ0) is 16.9. The summed E-state index contributed by atoms with van der Waals surface area (Å²) in [5.74, 6) is 1.52. The zero-order valence-electron chi connectivity index (χ0n) is 13.8. The predicted molar refractivity (Wildman–Crippen MR) is 94.7 cm³/mol. The number of carbonyl (C=O) groups is 1. The quantitative estimate of drug-likeness (QED) is 0.752. The van der Waals surface area contributed by atoms with E-state index in [0.29, 0.717) is 13.0 Å². The summed E-state index contributed by atoms with van der Waals surface area (Å²) in [6.45, 7) is 0.617. The summed E-state index contributed by atoms with van der Waals surface area (Å²) in [6, 6.07) is 15.3. The lowest BCUT2D eigenvalue weighted by molar-refractivity contribution is -0.116. The predicted octanol–water partition coefficient (Wildman–Crippen LogP) is 3.69. The van der Waals surface area contributed by atoms with Crippen LogP contribution in [0.1, 0.15) is 6.42 Å². The maximum atomic E-state index is 12.2. The Morgan fingerprint density at radius 3 is 2.62 bits per heavy atom. The maximum Gasteiger partial charge on any atom is 0.226 e. The highest BCUT2D eigenvalue weighted by atomic mass is 16.5. The van der Waals surface area contributed by atoms with Gasteiger partial charge in [0.15, 0.2) is 0 Å². The minimum atomic E-state index is -0.0291. The second-order valence-electron chi connectivity index (χ2n) is 5.46. The van der Waals surface area contributed by atoms with E-state index in [0.717, 1.165) is 28.1 Å². The Morgan fingerprint density at radius 1 is 1.04 bits per heavy atom. The van der Waals surface area contributed by atoms with Crippen molar-refractivity contribution in [2.45, 2.75) is 13.0 Å². The number of carbonyl (C=O) groups excluding carboxylic acids is 1. The first-order valence-electron chi connectivity index (χ1n) is 7.76. The van der Waals surface area contributed by atoms with Gasteiger partial charge in [-0.1, -0.05) is 6.07 Å². The minimum absolute atomic E-state index is 0.0291. The van der Waals surface area contributed by atoms with Crippen LogP contribution < -0.4 is 14.8 Å². The molecule has 0 radical (unpaired) electrons. The molecule has 1 N–H and O–H groups in total. The first kappa shape index (κ1) is 15.9. The smallest absolute Gasteiger partial charge is 0.226 e. The summed E-state index contributed by atoms with van der Waals surface area (Å²) in [6.07, 6.45) is 2.38. The summed E-state index contributed by atoms with van der Waals surface area (Å²) < 4.78 is 12.5. The molecule has 2 aromatic carbocycles. The van der Waals surface area contributed by atoms with Gasteiger partial charge in [0.25, 0.3) is 0 Å². The van der Waals surface area contributed by atoms with Crippen LogP contribution >= 0.6 is 0 Å². The molecule has 5 nitrogen and oxygen atoms in total. The third-order valence-corrected chi connectivity index (χ3v) is 3.91. The highest BCUT2D eigenvalue weighted by molar-refractivity contribution is 5.91. The van der Waals surface area contributed by atoms with Crippen molar-refractivity contribution in [2.24, 2.45) is 0 Å². The van der Waals surface area contributed by atoms with E-state index >= 15 is 0 Å². The van der Waals surface area contributed by atoms with Crippen LogP contribution in [0.3, 0.4) is 0 Å². The molecule has 1 amide bonds. The van der Waals surface area contributed by atoms with Crippen molar-refractivity contribution in [2.75, 3.05) is 19.5 Å². The van der Waals surface area contributed by atoms with Gasteiger partial charge in [0.1, 0.15) is 11.5 Å². The minimum Gasteiger partial charge on any atom is -0.497 e. The molecule has 0 bridgehead atoms. The lowest BCUT2D eigenvalue weighted by Gasteiger charge is -2.08. The molecule has 0 saturated heterocycles. The molecule has 0 atom stereocenters. The topological polar surface area (TPSA) is 52.5 Å². The Morgan fingerprint density at radius 2 is 1.83 bits per heavy atom. The van der Waals surface area contributed by atoms with Crippen LogP contribution in [-0.4, -0.2) is 24.7 Å². The summed E-state index contributed by atoms with van der Waals surface area (Å²) in [4.78, 5) is 12.2. The number of nitrogens with one attached hydrogen (secondary N) is 1. The lowest BCUT2D eigenvalue weighted by Crippen LogP contribution is -2.14. The zero-order valence-corrected chi connectivity index (χ0v) is 13.8. The van der Waals surface area contributed by atoms with Crippen LogP contribution in [0.4, 0.5) is 5.69 Å². The van der Waals surface area contributed by atoms with Crippen LogP contribution in [0, 0.1) is 0 Å². The van der Waals surface area contributed by atoms with Crippen LogP contribution in [0.15, 0.2) is 54.7 Å². The van der Waals surface area contributed by atoms with Gasteiger partial charge in [-0.15, -0.1) is 0 Å². The van der Waals surface area contributed by atoms with Crippen molar-refractivity contribution in [1.82, 2.24) is 4.57 Å². The Bertz CT molecular complexity index is 855. The number of aryl methyl sites for hydroxylation is 1. The number of nitrogens with zero attached hydrogens (tertiary/aromatic N) is 1. The second-order valence-corrected chi connectivity index (χ2v) is 5.46. The largest absolute Gasteiger partial charge is 0.497 e. The van der Waals surface area contributed by atoms with E-state index in [9.17, 15) is 4.79 Å². The highest BCUT2D eigenvalue weighted by Crippen LogP contribution is 2.22. The summed E-state index contributed by atoms with van der Waals surface area (Å²) >= 11 is 0. The van der Waals surface area contributed by atoms with Gasteiger partial charge in [0.2, 0.25) is 5.91 Å². The van der Waals surface area contributed by atoms with E-state index in [2.05, 4.69) is 9.88 Å². The average Bonchev–Trinajstić information content (AvgIpc) is 3.02. The number of amides is 1. The van der Waals surface area contributed by atoms with Crippen LogP contribution in [0.2, 0.25) is 0 Å². The van der Waals surface area contributed by atoms with Gasteiger partial charge in [-0.25, -0.2) is 0 Å². The fraction of sp³-hybridized carbons (Fsp3) is 0.211. The van der Waals surface area contributed by atoms with E-state index in [1.54, 1.807) is 20.3 Å². The van der Waals surface area contributed by atoms with Crippen molar-refractivity contribution in [3.05, 3.63) is 54.7 Å². The molecule has 3 aromatic rings. The Hall–Kier alpha value is -2.95. The number of rotatable bonds is 6. The molecule has 124 valence electrons. The molecule has 0 aliphatic carbocycles. The number of ether oxygens (including phenoxy) is 2. The monoisotopic (exact) mass is 324 g/mol. The molecule has 0 spiro atoms. The second kappa shape index (κ2) is 7.08. The van der Waals surface area contributed by atoms with Gasteiger partial charge in [-0.2, -0.15) is 0 Å². The fourth-order valence-electron chi connectivity index (χ4n) is 2.65. The maximum absolute atomic E-state index is 12.2.